The van der Waals surface area contributed by atoms with Crippen LogP contribution in [-0.4, -0.2) is 12.4 Å². The molecule has 3 N–H and O–H groups in total. The largest absolute Gasteiger partial charge is 0.328 e. The minimum atomic E-state index is -2.98. The van der Waals surface area contributed by atoms with Gasteiger partial charge >= 0.3 is 6.03 Å². The standard InChI is InChI=1S/C17H17F2N3O2.3H2/c1-11-8-14(6-7-15(11)20-10-23)22-16(24)21-13-5-3-4-12(9-13)17(2,18)19;;;/h3-10H,1-2H3,(H,20,23)(H2,21,22,24);3*1H. The third-order valence-corrected chi connectivity index (χ3v) is 3.33. The number of benzene rings is 2. The van der Waals surface area contributed by atoms with Crippen molar-refractivity contribution in [2.45, 2.75) is 19.8 Å². The SMILES string of the molecule is Cc1cc(NC(=O)Nc2cccc(C(C)(F)F)c2)ccc1NC=O.[HH].[HH].[HH]. The number of nitrogens with one attached hydrogen (secondary N) is 3. The van der Waals surface area contributed by atoms with Gasteiger partial charge in [-0.2, -0.15) is 0 Å². The quantitative estimate of drug-likeness (QED) is 0.667. The van der Waals surface area contributed by atoms with Crippen molar-refractivity contribution in [3.63, 3.8) is 0 Å². The summed E-state index contributed by atoms with van der Waals surface area (Å²) in [5.74, 6) is -2.98. The fourth-order valence-corrected chi connectivity index (χ4v) is 2.13. The Kier molecular flexibility index (Phi) is 5.13. The molecule has 0 heterocycles. The first kappa shape index (κ1) is 17.4. The van der Waals surface area contributed by atoms with E-state index >= 15 is 0 Å². The predicted octanol–water partition coefficient (Wildman–Crippen LogP) is 5.06. The van der Waals surface area contributed by atoms with E-state index in [1.54, 1.807) is 25.1 Å². The number of hydrogen-bond donors (Lipinski definition) is 3. The zero-order valence-electron chi connectivity index (χ0n) is 13.2. The van der Waals surface area contributed by atoms with Crippen LogP contribution >= 0.6 is 0 Å². The minimum absolute atomic E-state index is 0. The van der Waals surface area contributed by atoms with Crippen LogP contribution < -0.4 is 16.0 Å². The van der Waals surface area contributed by atoms with Gasteiger partial charge in [-0.25, -0.2) is 13.6 Å². The summed E-state index contributed by atoms with van der Waals surface area (Å²) >= 11 is 0. The molecule has 0 unspecified atom stereocenters. The van der Waals surface area contributed by atoms with Gasteiger partial charge in [0.05, 0.1) is 0 Å². The average Bonchev–Trinajstić information content (AvgIpc) is 2.49. The Morgan fingerprint density at radius 1 is 1.12 bits per heavy atom. The molecule has 132 valence electrons. The van der Waals surface area contributed by atoms with Crippen molar-refractivity contribution >= 4 is 29.5 Å². The van der Waals surface area contributed by atoms with Gasteiger partial charge in [-0.05, 0) is 42.8 Å². The maximum Gasteiger partial charge on any atom is 0.323 e. The van der Waals surface area contributed by atoms with Crippen molar-refractivity contribution in [3.05, 3.63) is 53.6 Å². The van der Waals surface area contributed by atoms with Gasteiger partial charge in [0.2, 0.25) is 6.41 Å². The van der Waals surface area contributed by atoms with E-state index < -0.39 is 12.0 Å². The summed E-state index contributed by atoms with van der Waals surface area (Å²) in [7, 11) is 0. The normalized spacial score (nSPS) is 10.8. The first-order valence-corrected chi connectivity index (χ1v) is 7.17. The molecular formula is C17H23F2N3O2. The number of alkyl halides is 2. The number of urea groups is 1. The van der Waals surface area contributed by atoms with Crippen LogP contribution in [0, 0.1) is 6.92 Å². The van der Waals surface area contributed by atoms with Crippen molar-refractivity contribution in [1.29, 1.82) is 0 Å². The molecule has 0 aromatic heterocycles. The molecule has 3 amide bonds. The van der Waals surface area contributed by atoms with Crippen LogP contribution in [0.2, 0.25) is 0 Å². The lowest BCUT2D eigenvalue weighted by Gasteiger charge is -2.13. The molecule has 0 aliphatic heterocycles. The van der Waals surface area contributed by atoms with Gasteiger partial charge in [-0.1, -0.05) is 12.1 Å². The Balaban J connectivity index is 0. The second kappa shape index (κ2) is 7.08. The van der Waals surface area contributed by atoms with E-state index in [4.69, 9.17) is 0 Å². The Morgan fingerprint density at radius 3 is 2.38 bits per heavy atom. The Bertz CT molecular complexity index is 771. The van der Waals surface area contributed by atoms with Crippen LogP contribution in [0.1, 0.15) is 22.3 Å². The third-order valence-electron chi connectivity index (χ3n) is 3.33. The molecule has 0 radical (unpaired) electrons. The molecule has 2 rings (SSSR count). The van der Waals surface area contributed by atoms with Crippen molar-refractivity contribution in [1.82, 2.24) is 0 Å². The second-order valence-corrected chi connectivity index (χ2v) is 5.34. The number of anilines is 3. The molecule has 2 aromatic rings. The average molecular weight is 339 g/mol. The molecule has 0 saturated heterocycles. The van der Waals surface area contributed by atoms with Crippen LogP contribution in [-0.2, 0) is 10.7 Å². The van der Waals surface area contributed by atoms with E-state index in [0.717, 1.165) is 12.5 Å². The molecule has 0 saturated carbocycles. The van der Waals surface area contributed by atoms with Gasteiger partial charge in [0.25, 0.3) is 5.92 Å². The maximum atomic E-state index is 13.3. The number of rotatable bonds is 5. The second-order valence-electron chi connectivity index (χ2n) is 5.34. The minimum Gasteiger partial charge on any atom is -0.328 e. The van der Waals surface area contributed by atoms with Gasteiger partial charge in [0.15, 0.2) is 0 Å². The number of amides is 3. The molecule has 7 heteroatoms. The molecular weight excluding hydrogens is 316 g/mol. The zero-order valence-corrected chi connectivity index (χ0v) is 13.2. The van der Waals surface area contributed by atoms with Gasteiger partial charge < -0.3 is 16.0 Å². The molecule has 0 spiro atoms. The fourth-order valence-electron chi connectivity index (χ4n) is 2.13. The van der Waals surface area contributed by atoms with E-state index in [1.165, 1.54) is 24.3 Å². The fraction of sp³-hybridized carbons (Fsp3) is 0.176. The van der Waals surface area contributed by atoms with Crippen LogP contribution in [0.25, 0.3) is 0 Å². The Labute approximate surface area is 142 Å². The van der Waals surface area contributed by atoms with E-state index in [2.05, 4.69) is 16.0 Å². The third kappa shape index (κ3) is 4.52. The van der Waals surface area contributed by atoms with E-state index in [0.29, 0.717) is 17.8 Å². The summed E-state index contributed by atoms with van der Waals surface area (Å²) in [6, 6.07) is 9.90. The number of aryl methyl sites for hydroxylation is 1. The van der Waals surface area contributed by atoms with Crippen molar-refractivity contribution < 1.29 is 22.6 Å². The van der Waals surface area contributed by atoms with Crippen molar-refractivity contribution in [2.75, 3.05) is 16.0 Å². The maximum absolute atomic E-state index is 13.3. The summed E-state index contributed by atoms with van der Waals surface area (Å²) in [5, 5.41) is 7.65. The van der Waals surface area contributed by atoms with E-state index in [1.807, 2.05) is 0 Å². The summed E-state index contributed by atoms with van der Waals surface area (Å²) < 4.78 is 26.6. The lowest BCUT2D eigenvalue weighted by Crippen LogP contribution is -2.20. The summed E-state index contributed by atoms with van der Waals surface area (Å²) in [6.07, 6.45) is 0.568. The molecule has 0 aliphatic rings. The van der Waals surface area contributed by atoms with Crippen molar-refractivity contribution in [3.8, 4) is 0 Å². The zero-order chi connectivity index (χ0) is 17.7. The monoisotopic (exact) mass is 339 g/mol. The molecule has 2 aromatic carbocycles. The lowest BCUT2D eigenvalue weighted by molar-refractivity contribution is -0.105. The van der Waals surface area contributed by atoms with Crippen LogP contribution in [0.3, 0.4) is 0 Å². The van der Waals surface area contributed by atoms with Crippen molar-refractivity contribution in [2.24, 2.45) is 0 Å². The highest BCUT2D eigenvalue weighted by Gasteiger charge is 2.24. The number of carbonyl (C=O) groups is 2. The molecule has 0 fully saturated rings. The first-order chi connectivity index (χ1) is 11.3. The van der Waals surface area contributed by atoms with Crippen LogP contribution in [0.5, 0.6) is 0 Å². The van der Waals surface area contributed by atoms with E-state index in [-0.39, 0.29) is 15.5 Å². The van der Waals surface area contributed by atoms with Gasteiger partial charge in [0, 0.05) is 33.8 Å². The highest BCUT2D eigenvalue weighted by Crippen LogP contribution is 2.28. The van der Waals surface area contributed by atoms with Crippen LogP contribution in [0.15, 0.2) is 42.5 Å². The molecule has 0 bridgehead atoms. The predicted molar refractivity (Wildman–Crippen MR) is 95.9 cm³/mol. The van der Waals surface area contributed by atoms with Gasteiger partial charge in [-0.15, -0.1) is 0 Å². The Hall–Kier alpha value is -2.96. The highest BCUT2D eigenvalue weighted by atomic mass is 19.3. The van der Waals surface area contributed by atoms with E-state index in [9.17, 15) is 18.4 Å². The lowest BCUT2D eigenvalue weighted by atomic mass is 10.1. The highest BCUT2D eigenvalue weighted by molar-refractivity contribution is 6.00. The molecule has 0 aliphatic carbocycles. The number of carbonyl (C=O) groups excluding carboxylic acids is 2. The first-order valence-electron chi connectivity index (χ1n) is 7.17. The smallest absolute Gasteiger partial charge is 0.323 e. The Morgan fingerprint density at radius 2 is 1.79 bits per heavy atom. The molecule has 5 nitrogen and oxygen atoms in total. The summed E-state index contributed by atoms with van der Waals surface area (Å²) in [5.41, 5.74) is 2.00. The summed E-state index contributed by atoms with van der Waals surface area (Å²) in [4.78, 5) is 22.4. The van der Waals surface area contributed by atoms with Crippen LogP contribution in [0.4, 0.5) is 30.6 Å². The molecule has 0 atom stereocenters. The molecule has 24 heavy (non-hydrogen) atoms. The number of hydrogen-bond acceptors (Lipinski definition) is 2. The topological polar surface area (TPSA) is 70.2 Å². The van der Waals surface area contributed by atoms with Gasteiger partial charge in [0.1, 0.15) is 0 Å². The van der Waals surface area contributed by atoms with Gasteiger partial charge in [-0.3, -0.25) is 4.79 Å². The number of halogens is 2. The summed E-state index contributed by atoms with van der Waals surface area (Å²) in [6.45, 7) is 2.58.